The van der Waals surface area contributed by atoms with Crippen molar-refractivity contribution < 1.29 is 9.53 Å². The Morgan fingerprint density at radius 3 is 2.79 bits per heavy atom. The quantitative estimate of drug-likeness (QED) is 0.815. The predicted octanol–water partition coefficient (Wildman–Crippen LogP) is 1.64. The number of hydrogen-bond acceptors (Lipinski definition) is 6. The van der Waals surface area contributed by atoms with Crippen LogP contribution in [-0.4, -0.2) is 63.3 Å². The lowest BCUT2D eigenvalue weighted by atomic mass is 9.83. The van der Waals surface area contributed by atoms with Crippen molar-refractivity contribution in [2.75, 3.05) is 26.2 Å². The summed E-state index contributed by atoms with van der Waals surface area (Å²) in [6.07, 6.45) is 6.34. The average molecular weight is 384 g/mol. The molecule has 1 N–H and O–H groups in total. The number of carbonyl (C=O) groups is 1. The second kappa shape index (κ2) is 8.68. The number of nitrogens with zero attached hydrogens (tertiary/aromatic N) is 5. The number of carbonyl (C=O) groups excluding carboxylic acids is 1. The summed E-state index contributed by atoms with van der Waals surface area (Å²) in [6.45, 7) is 3.22. The van der Waals surface area contributed by atoms with Crippen molar-refractivity contribution in [3.8, 4) is 17.1 Å². The minimum atomic E-state index is -0.0624. The van der Waals surface area contributed by atoms with Crippen LogP contribution in [-0.2, 0) is 11.8 Å². The number of hydrogen-bond donors (Lipinski definition) is 1. The highest BCUT2D eigenvalue weighted by molar-refractivity contribution is 5.77. The first-order valence-electron chi connectivity index (χ1n) is 10.2. The van der Waals surface area contributed by atoms with Crippen molar-refractivity contribution in [3.63, 3.8) is 0 Å². The number of ether oxygens (including phenoxy) is 1. The molecule has 8 nitrogen and oxygen atoms in total. The Morgan fingerprint density at radius 1 is 1.18 bits per heavy atom. The third-order valence-electron chi connectivity index (χ3n) is 5.78. The summed E-state index contributed by atoms with van der Waals surface area (Å²) in [5.74, 6) is 1.72. The van der Waals surface area contributed by atoms with E-state index in [1.54, 1.807) is 7.05 Å². The van der Waals surface area contributed by atoms with Crippen LogP contribution < -0.4 is 10.1 Å². The third kappa shape index (κ3) is 4.49. The smallest absolute Gasteiger partial charge is 0.257 e. The summed E-state index contributed by atoms with van der Waals surface area (Å²) in [7, 11) is 1.73. The van der Waals surface area contributed by atoms with E-state index in [0.717, 1.165) is 12.1 Å². The molecule has 0 unspecified atom stereocenters. The molecule has 3 heterocycles. The Morgan fingerprint density at radius 2 is 2.00 bits per heavy atom. The van der Waals surface area contributed by atoms with Gasteiger partial charge in [-0.1, -0.05) is 6.42 Å². The lowest BCUT2D eigenvalue weighted by Gasteiger charge is -2.44. The summed E-state index contributed by atoms with van der Waals surface area (Å²) in [5, 5.41) is 15.1. The Balaban J connectivity index is 1.23. The van der Waals surface area contributed by atoms with Crippen LogP contribution in [0.4, 0.5) is 0 Å². The number of aromatic nitrogens is 4. The van der Waals surface area contributed by atoms with E-state index in [1.807, 2.05) is 24.3 Å². The molecule has 1 amide bonds. The van der Waals surface area contributed by atoms with Crippen molar-refractivity contribution in [3.05, 3.63) is 24.3 Å². The number of piperidine rings is 2. The van der Waals surface area contributed by atoms with Crippen LogP contribution in [0.1, 0.15) is 32.1 Å². The molecule has 2 fully saturated rings. The third-order valence-corrected chi connectivity index (χ3v) is 5.78. The highest BCUT2D eigenvalue weighted by Crippen LogP contribution is 2.30. The molecule has 0 radical (unpaired) electrons. The lowest BCUT2D eigenvalue weighted by Crippen LogP contribution is -2.51. The number of rotatable bonds is 6. The highest BCUT2D eigenvalue weighted by Gasteiger charge is 2.32. The van der Waals surface area contributed by atoms with Gasteiger partial charge in [-0.2, -0.15) is 4.80 Å². The first kappa shape index (κ1) is 18.9. The number of tetrazole rings is 1. The summed E-state index contributed by atoms with van der Waals surface area (Å²) >= 11 is 0. The maximum absolute atomic E-state index is 12.2. The summed E-state index contributed by atoms with van der Waals surface area (Å²) in [6, 6.07) is 8.01. The monoisotopic (exact) mass is 384 g/mol. The van der Waals surface area contributed by atoms with Gasteiger partial charge >= 0.3 is 0 Å². The standard InChI is InChI=1S/C20H28N6O2/c1-25-23-20(22-24-25)15-7-9-17(10-8-15)28-14-19(27)21-13-16-5-4-12-26-11-3-2-6-18(16)26/h7-10,16,18H,2-6,11-14H2,1H3,(H,21,27)/t16-,18+/m1/s1. The van der Waals surface area contributed by atoms with Gasteiger partial charge in [-0.3, -0.25) is 4.79 Å². The molecule has 0 spiro atoms. The van der Waals surface area contributed by atoms with Crippen molar-refractivity contribution in [2.24, 2.45) is 13.0 Å². The summed E-state index contributed by atoms with van der Waals surface area (Å²) in [5.41, 5.74) is 0.860. The minimum Gasteiger partial charge on any atom is -0.484 e. The number of benzene rings is 1. The fourth-order valence-electron chi connectivity index (χ4n) is 4.36. The number of aryl methyl sites for hydroxylation is 1. The van der Waals surface area contributed by atoms with Gasteiger partial charge in [-0.25, -0.2) is 0 Å². The predicted molar refractivity (Wildman–Crippen MR) is 105 cm³/mol. The van der Waals surface area contributed by atoms with Crippen LogP contribution in [0.15, 0.2) is 24.3 Å². The van der Waals surface area contributed by atoms with Gasteiger partial charge in [0.05, 0.1) is 7.05 Å². The van der Waals surface area contributed by atoms with Crippen molar-refractivity contribution in [1.29, 1.82) is 0 Å². The Labute approximate surface area is 165 Å². The second-order valence-corrected chi connectivity index (χ2v) is 7.72. The summed E-state index contributed by atoms with van der Waals surface area (Å²) in [4.78, 5) is 16.3. The van der Waals surface area contributed by atoms with Gasteiger partial charge < -0.3 is 15.0 Å². The first-order valence-corrected chi connectivity index (χ1v) is 10.2. The van der Waals surface area contributed by atoms with Gasteiger partial charge in [0.15, 0.2) is 6.61 Å². The van der Waals surface area contributed by atoms with Crippen molar-refractivity contribution in [1.82, 2.24) is 30.4 Å². The van der Waals surface area contributed by atoms with E-state index in [4.69, 9.17) is 4.74 Å². The summed E-state index contributed by atoms with van der Waals surface area (Å²) < 4.78 is 5.63. The molecule has 2 atom stereocenters. The maximum atomic E-state index is 12.2. The Kier molecular flexibility index (Phi) is 5.85. The molecular weight excluding hydrogens is 356 g/mol. The molecule has 4 rings (SSSR count). The Bertz CT molecular complexity index is 788. The van der Waals surface area contributed by atoms with Crippen molar-refractivity contribution in [2.45, 2.75) is 38.1 Å². The molecule has 8 heteroatoms. The minimum absolute atomic E-state index is 0.0316. The van der Waals surface area contributed by atoms with Gasteiger partial charge in [0.25, 0.3) is 5.91 Å². The SMILES string of the molecule is Cn1nnc(-c2ccc(OCC(=O)NC[C@H]3CCCN4CCCC[C@@H]34)cc2)n1. The van der Waals surface area contributed by atoms with E-state index in [1.165, 1.54) is 50.0 Å². The average Bonchev–Trinajstić information content (AvgIpc) is 3.17. The van der Waals surface area contributed by atoms with Crippen LogP contribution in [0.2, 0.25) is 0 Å². The van der Waals surface area contributed by atoms with E-state index < -0.39 is 0 Å². The van der Waals surface area contributed by atoms with Crippen LogP contribution in [0, 0.1) is 5.92 Å². The molecule has 150 valence electrons. The molecule has 0 aliphatic carbocycles. The van der Waals surface area contributed by atoms with E-state index in [0.29, 0.717) is 23.5 Å². The molecule has 0 saturated carbocycles. The van der Waals surface area contributed by atoms with Gasteiger partial charge in [0, 0.05) is 18.2 Å². The Hall–Kier alpha value is -2.48. The fraction of sp³-hybridized carbons (Fsp3) is 0.600. The zero-order valence-corrected chi connectivity index (χ0v) is 16.4. The van der Waals surface area contributed by atoms with Crippen LogP contribution in [0.3, 0.4) is 0 Å². The first-order chi connectivity index (χ1) is 13.7. The van der Waals surface area contributed by atoms with Crippen LogP contribution in [0.5, 0.6) is 5.75 Å². The fourth-order valence-corrected chi connectivity index (χ4v) is 4.36. The highest BCUT2D eigenvalue weighted by atomic mass is 16.5. The van der Waals surface area contributed by atoms with Gasteiger partial charge in [0.2, 0.25) is 5.82 Å². The van der Waals surface area contributed by atoms with E-state index in [2.05, 4.69) is 25.6 Å². The van der Waals surface area contributed by atoms with Crippen LogP contribution in [0.25, 0.3) is 11.4 Å². The van der Waals surface area contributed by atoms with Crippen molar-refractivity contribution >= 4 is 5.91 Å². The number of fused-ring (bicyclic) bond motifs is 1. The molecule has 2 aliphatic rings. The normalized spacial score (nSPS) is 22.5. The topological polar surface area (TPSA) is 85.2 Å². The molecular formula is C20H28N6O2. The van der Waals surface area contributed by atoms with Crippen LogP contribution >= 0.6 is 0 Å². The molecule has 1 aromatic heterocycles. The molecule has 2 saturated heterocycles. The molecule has 0 bridgehead atoms. The molecule has 2 aliphatic heterocycles. The largest absolute Gasteiger partial charge is 0.484 e. The lowest BCUT2D eigenvalue weighted by molar-refractivity contribution is -0.123. The zero-order chi connectivity index (χ0) is 19.3. The molecule has 2 aromatic rings. The second-order valence-electron chi connectivity index (χ2n) is 7.72. The molecule has 1 aromatic carbocycles. The zero-order valence-electron chi connectivity index (χ0n) is 16.4. The van der Waals surface area contributed by atoms with E-state index in [-0.39, 0.29) is 12.5 Å². The molecule has 28 heavy (non-hydrogen) atoms. The number of nitrogens with one attached hydrogen (secondary N) is 1. The van der Waals surface area contributed by atoms with Gasteiger partial charge in [0.1, 0.15) is 5.75 Å². The van der Waals surface area contributed by atoms with Gasteiger partial charge in [-0.05, 0) is 74.2 Å². The van der Waals surface area contributed by atoms with E-state index in [9.17, 15) is 4.79 Å². The maximum Gasteiger partial charge on any atom is 0.257 e. The number of amides is 1. The van der Waals surface area contributed by atoms with E-state index >= 15 is 0 Å². The van der Waals surface area contributed by atoms with Gasteiger partial charge in [-0.15, -0.1) is 10.2 Å².